The molecule has 2 atom stereocenters. The Labute approximate surface area is 164 Å². The predicted octanol–water partition coefficient (Wildman–Crippen LogP) is 3.18. The molecule has 1 aromatic carbocycles. The van der Waals surface area contributed by atoms with Crippen LogP contribution >= 0.6 is 23.2 Å². The Morgan fingerprint density at radius 1 is 1.23 bits per heavy atom. The van der Waals surface area contributed by atoms with Crippen LogP contribution in [0.5, 0.6) is 0 Å². The monoisotopic (exact) mass is 422 g/mol. The third kappa shape index (κ3) is 5.10. The minimum absolute atomic E-state index is 0.0217. The number of halogens is 2. The van der Waals surface area contributed by atoms with Crippen molar-refractivity contribution >= 4 is 39.1 Å². The van der Waals surface area contributed by atoms with Crippen molar-refractivity contribution in [2.75, 3.05) is 19.6 Å². The summed E-state index contributed by atoms with van der Waals surface area (Å²) in [5, 5.41) is 0.0983. The van der Waals surface area contributed by atoms with E-state index in [0.717, 1.165) is 0 Å². The van der Waals surface area contributed by atoms with Crippen LogP contribution in [0.15, 0.2) is 17.0 Å². The first-order chi connectivity index (χ1) is 12.0. The summed E-state index contributed by atoms with van der Waals surface area (Å²) >= 11 is 12.3. The van der Waals surface area contributed by atoms with Gasteiger partial charge in [0.1, 0.15) is 4.90 Å². The highest BCUT2D eigenvalue weighted by Gasteiger charge is 2.29. The van der Waals surface area contributed by atoms with E-state index in [1.807, 2.05) is 27.7 Å². The molecule has 1 N–H and O–H groups in total. The van der Waals surface area contributed by atoms with Crippen LogP contribution in [0.1, 0.15) is 38.1 Å². The van der Waals surface area contributed by atoms with E-state index in [2.05, 4.69) is 4.72 Å². The zero-order chi connectivity index (χ0) is 19.6. The number of carbonyl (C=O) groups excluding carboxylic acids is 1. The third-order valence-corrected chi connectivity index (χ3v) is 6.13. The molecule has 0 spiro atoms. The van der Waals surface area contributed by atoms with Crippen molar-refractivity contribution < 1.29 is 17.9 Å². The van der Waals surface area contributed by atoms with Gasteiger partial charge in [-0.2, -0.15) is 0 Å². The molecular weight excluding hydrogens is 399 g/mol. The fourth-order valence-electron chi connectivity index (χ4n) is 2.77. The van der Waals surface area contributed by atoms with Gasteiger partial charge >= 0.3 is 0 Å². The van der Waals surface area contributed by atoms with Gasteiger partial charge in [0.25, 0.3) is 5.91 Å². The van der Waals surface area contributed by atoms with Crippen molar-refractivity contribution in [2.24, 2.45) is 5.92 Å². The van der Waals surface area contributed by atoms with E-state index in [-0.39, 0.29) is 51.1 Å². The van der Waals surface area contributed by atoms with E-state index < -0.39 is 10.0 Å². The maximum atomic E-state index is 12.9. The Morgan fingerprint density at radius 2 is 1.81 bits per heavy atom. The predicted molar refractivity (Wildman–Crippen MR) is 102 cm³/mol. The number of hydrogen-bond acceptors (Lipinski definition) is 4. The number of nitrogens with zero attached hydrogens (tertiary/aromatic N) is 1. The molecule has 0 aliphatic carbocycles. The van der Waals surface area contributed by atoms with Crippen LogP contribution in [0.4, 0.5) is 0 Å². The van der Waals surface area contributed by atoms with Crippen molar-refractivity contribution in [3.8, 4) is 0 Å². The second-order valence-electron chi connectivity index (χ2n) is 6.98. The number of hydrogen-bond donors (Lipinski definition) is 1. The second kappa shape index (κ2) is 8.44. The normalized spacial score (nSPS) is 21.3. The molecule has 26 heavy (non-hydrogen) atoms. The molecule has 1 aliphatic heterocycles. The van der Waals surface area contributed by atoms with Crippen LogP contribution in [0.3, 0.4) is 0 Å². The van der Waals surface area contributed by atoms with Gasteiger partial charge in [0.15, 0.2) is 0 Å². The molecule has 0 bridgehead atoms. The highest BCUT2D eigenvalue weighted by molar-refractivity contribution is 7.89. The molecule has 2 rings (SSSR count). The first-order valence-electron chi connectivity index (χ1n) is 8.44. The van der Waals surface area contributed by atoms with E-state index in [9.17, 15) is 13.2 Å². The largest absolute Gasteiger partial charge is 0.372 e. The molecule has 0 unspecified atom stereocenters. The van der Waals surface area contributed by atoms with E-state index >= 15 is 0 Å². The minimum atomic E-state index is -3.85. The Balaban J connectivity index is 2.36. The smallest absolute Gasteiger partial charge is 0.255 e. The Hall–Kier alpha value is -0.860. The molecule has 1 heterocycles. The van der Waals surface area contributed by atoms with Gasteiger partial charge in [-0.3, -0.25) is 4.79 Å². The van der Waals surface area contributed by atoms with E-state index in [1.54, 1.807) is 4.90 Å². The molecule has 0 saturated carbocycles. The van der Waals surface area contributed by atoms with Gasteiger partial charge in [0.2, 0.25) is 10.0 Å². The van der Waals surface area contributed by atoms with E-state index in [1.165, 1.54) is 12.1 Å². The average Bonchev–Trinajstić information content (AvgIpc) is 2.51. The maximum Gasteiger partial charge on any atom is 0.255 e. The first kappa shape index (κ1) is 21.4. The molecule has 0 aromatic heterocycles. The standard InChI is InChI=1S/C17H24Cl2N2O4S/c1-10(2)7-20-26(23,24)16-5-13(14(18)6-15(16)19)17(22)21-8-11(3)25-12(4)9-21/h5-6,10-12,20H,7-9H2,1-4H3/t11-,12-/m1/s1. The van der Waals surface area contributed by atoms with Gasteiger partial charge < -0.3 is 9.64 Å². The fourth-order valence-corrected chi connectivity index (χ4v) is 4.83. The summed E-state index contributed by atoms with van der Waals surface area (Å²) in [6, 6.07) is 2.55. The van der Waals surface area contributed by atoms with Gasteiger partial charge in [-0.25, -0.2) is 13.1 Å². The Bertz CT molecular complexity index is 773. The zero-order valence-corrected chi connectivity index (χ0v) is 17.6. The fraction of sp³-hybridized carbons (Fsp3) is 0.588. The zero-order valence-electron chi connectivity index (χ0n) is 15.3. The number of sulfonamides is 1. The highest BCUT2D eigenvalue weighted by atomic mass is 35.5. The summed E-state index contributed by atoms with van der Waals surface area (Å²) in [5.74, 6) is -0.206. The molecule has 0 radical (unpaired) electrons. The molecule has 1 fully saturated rings. The van der Waals surface area contributed by atoms with Gasteiger partial charge in [0, 0.05) is 19.6 Å². The van der Waals surface area contributed by atoms with Crippen molar-refractivity contribution in [1.82, 2.24) is 9.62 Å². The van der Waals surface area contributed by atoms with E-state index in [4.69, 9.17) is 27.9 Å². The lowest BCUT2D eigenvalue weighted by Gasteiger charge is -2.35. The van der Waals surface area contributed by atoms with Crippen LogP contribution in [-0.4, -0.2) is 51.1 Å². The summed E-state index contributed by atoms with van der Waals surface area (Å²) in [6.07, 6.45) is -0.214. The van der Waals surface area contributed by atoms with Crippen molar-refractivity contribution in [1.29, 1.82) is 0 Å². The molecule has 1 aliphatic rings. The summed E-state index contributed by atoms with van der Waals surface area (Å²) in [5.41, 5.74) is 0.113. The second-order valence-corrected chi connectivity index (χ2v) is 9.53. The Morgan fingerprint density at radius 3 is 2.35 bits per heavy atom. The summed E-state index contributed by atoms with van der Waals surface area (Å²) in [6.45, 7) is 8.63. The number of morpholine rings is 1. The summed E-state index contributed by atoms with van der Waals surface area (Å²) in [7, 11) is -3.85. The van der Waals surface area contributed by atoms with Crippen LogP contribution in [0, 0.1) is 5.92 Å². The maximum absolute atomic E-state index is 12.9. The van der Waals surface area contributed by atoms with Crippen LogP contribution in [0.2, 0.25) is 10.0 Å². The number of ether oxygens (including phenoxy) is 1. The Kier molecular flexibility index (Phi) is 6.96. The minimum Gasteiger partial charge on any atom is -0.372 e. The molecule has 1 saturated heterocycles. The van der Waals surface area contributed by atoms with Crippen LogP contribution < -0.4 is 4.72 Å². The number of carbonyl (C=O) groups is 1. The number of rotatable bonds is 5. The summed E-state index contributed by atoms with van der Waals surface area (Å²) < 4.78 is 33.2. The molecule has 146 valence electrons. The topological polar surface area (TPSA) is 75.7 Å². The first-order valence-corrected chi connectivity index (χ1v) is 10.7. The lowest BCUT2D eigenvalue weighted by atomic mass is 10.1. The quantitative estimate of drug-likeness (QED) is 0.790. The van der Waals surface area contributed by atoms with Crippen LogP contribution in [0.25, 0.3) is 0 Å². The third-order valence-electron chi connectivity index (χ3n) is 3.93. The van der Waals surface area contributed by atoms with Crippen molar-refractivity contribution in [3.05, 3.63) is 27.7 Å². The SMILES string of the molecule is CC(C)CNS(=O)(=O)c1cc(C(=O)N2C[C@@H](C)O[C@H](C)C2)c(Cl)cc1Cl. The van der Waals surface area contributed by atoms with Crippen molar-refractivity contribution in [2.45, 2.75) is 44.8 Å². The average molecular weight is 423 g/mol. The number of amides is 1. The molecular formula is C17H24Cl2N2O4S. The number of nitrogens with one attached hydrogen (secondary N) is 1. The highest BCUT2D eigenvalue weighted by Crippen LogP contribution is 2.30. The van der Waals surface area contributed by atoms with Crippen LogP contribution in [-0.2, 0) is 14.8 Å². The molecule has 6 nitrogen and oxygen atoms in total. The molecule has 1 amide bonds. The van der Waals surface area contributed by atoms with Gasteiger partial charge in [-0.15, -0.1) is 0 Å². The van der Waals surface area contributed by atoms with Gasteiger partial charge in [-0.05, 0) is 31.9 Å². The lowest BCUT2D eigenvalue weighted by molar-refractivity contribution is -0.0586. The van der Waals surface area contributed by atoms with Gasteiger partial charge in [0.05, 0.1) is 27.8 Å². The van der Waals surface area contributed by atoms with E-state index in [0.29, 0.717) is 13.1 Å². The summed E-state index contributed by atoms with van der Waals surface area (Å²) in [4.78, 5) is 14.4. The molecule has 1 aromatic rings. The van der Waals surface area contributed by atoms with Crippen molar-refractivity contribution in [3.63, 3.8) is 0 Å². The number of benzene rings is 1. The van der Waals surface area contributed by atoms with Gasteiger partial charge in [-0.1, -0.05) is 37.0 Å². The molecule has 9 heteroatoms. The lowest BCUT2D eigenvalue weighted by Crippen LogP contribution is -2.48.